The lowest BCUT2D eigenvalue weighted by Crippen LogP contribution is -2.38. The number of alkyl halides is 3. The fourth-order valence-corrected chi connectivity index (χ4v) is 2.65. The summed E-state index contributed by atoms with van der Waals surface area (Å²) in [6.07, 6.45) is -4.72. The molecule has 2 rings (SSSR count). The Labute approximate surface area is 167 Å². The van der Waals surface area contributed by atoms with Gasteiger partial charge in [-0.2, -0.15) is 18.4 Å². The molecule has 0 radical (unpaired) electrons. The summed E-state index contributed by atoms with van der Waals surface area (Å²) >= 11 is 0. The maximum Gasteiger partial charge on any atom is 0.417 e. The zero-order chi connectivity index (χ0) is 21.4. The Balaban J connectivity index is 2.10. The molecule has 0 saturated carbocycles. The molecule has 0 fully saturated rings. The first-order valence-electron chi connectivity index (χ1n) is 8.97. The number of nitriles is 1. The Morgan fingerprint density at radius 1 is 1.17 bits per heavy atom. The van der Waals surface area contributed by atoms with Crippen LogP contribution in [-0.2, 0) is 17.5 Å². The van der Waals surface area contributed by atoms with Gasteiger partial charge in [0.05, 0.1) is 24.3 Å². The average Bonchev–Trinajstić information content (AvgIpc) is 2.71. The van der Waals surface area contributed by atoms with Crippen molar-refractivity contribution < 1.29 is 27.4 Å². The van der Waals surface area contributed by atoms with E-state index in [0.29, 0.717) is 18.6 Å². The van der Waals surface area contributed by atoms with Crippen molar-refractivity contribution in [1.29, 1.82) is 5.26 Å². The molecule has 29 heavy (non-hydrogen) atoms. The van der Waals surface area contributed by atoms with Crippen molar-refractivity contribution in [2.45, 2.75) is 38.6 Å². The highest BCUT2D eigenvalue weighted by atomic mass is 19.4. The summed E-state index contributed by atoms with van der Waals surface area (Å²) < 4.78 is 50.0. The Morgan fingerprint density at radius 2 is 1.83 bits per heavy atom. The first-order chi connectivity index (χ1) is 13.8. The van der Waals surface area contributed by atoms with Gasteiger partial charge in [0.25, 0.3) is 5.91 Å². The summed E-state index contributed by atoms with van der Waals surface area (Å²) in [6.45, 7) is 2.08. The van der Waals surface area contributed by atoms with E-state index < -0.39 is 29.3 Å². The van der Waals surface area contributed by atoms with Crippen molar-refractivity contribution in [1.82, 2.24) is 5.32 Å². The fraction of sp³-hybridized carbons (Fsp3) is 0.333. The van der Waals surface area contributed by atoms with Gasteiger partial charge >= 0.3 is 6.18 Å². The van der Waals surface area contributed by atoms with Gasteiger partial charge in [-0.25, -0.2) is 0 Å². The lowest BCUT2D eigenvalue weighted by molar-refractivity contribution is -0.137. The third-order valence-electron chi connectivity index (χ3n) is 4.16. The summed E-state index contributed by atoms with van der Waals surface area (Å²) in [6, 6.07) is 11.7. The minimum atomic E-state index is -4.69. The molecule has 1 atom stereocenters. The molecule has 0 saturated heterocycles. The summed E-state index contributed by atoms with van der Waals surface area (Å²) in [4.78, 5) is 12.5. The molecule has 1 N–H and O–H groups in total. The quantitative estimate of drug-likeness (QED) is 0.703. The highest BCUT2D eigenvalue weighted by Gasteiger charge is 2.34. The van der Waals surface area contributed by atoms with Gasteiger partial charge in [-0.1, -0.05) is 25.5 Å². The maximum absolute atomic E-state index is 13.1. The van der Waals surface area contributed by atoms with Crippen molar-refractivity contribution in [3.8, 4) is 17.6 Å². The number of nitrogens with zero attached hydrogens (tertiary/aromatic N) is 1. The van der Waals surface area contributed by atoms with Crippen LogP contribution in [-0.4, -0.2) is 19.1 Å². The predicted molar refractivity (Wildman–Crippen MR) is 100 cm³/mol. The molecule has 2 aromatic rings. The van der Waals surface area contributed by atoms with Crippen LogP contribution in [0.1, 0.15) is 36.5 Å². The minimum Gasteiger partial charge on any atom is -0.497 e. The van der Waals surface area contributed by atoms with Crippen molar-refractivity contribution >= 4 is 5.91 Å². The van der Waals surface area contributed by atoms with E-state index in [0.717, 1.165) is 17.7 Å². The van der Waals surface area contributed by atoms with Crippen molar-refractivity contribution in [2.24, 2.45) is 0 Å². The number of rotatable bonds is 8. The van der Waals surface area contributed by atoms with E-state index in [1.807, 2.05) is 6.92 Å². The standard InChI is InChI=1S/C21H21F3N2O3/c1-3-4-19(20(27)26-13-14-5-8-16(28-2)9-6-14)29-17-10-7-15(12-25)18(11-17)21(22,23)24/h5-11,19H,3-4,13H2,1-2H3,(H,26,27). The lowest BCUT2D eigenvalue weighted by Gasteiger charge is -2.19. The number of carbonyl (C=O) groups excluding carboxylic acids is 1. The second-order valence-electron chi connectivity index (χ2n) is 6.28. The minimum absolute atomic E-state index is 0.116. The predicted octanol–water partition coefficient (Wildman–Crippen LogP) is 4.45. The molecule has 0 aliphatic carbocycles. The Hall–Kier alpha value is -3.21. The summed E-state index contributed by atoms with van der Waals surface area (Å²) in [7, 11) is 1.55. The SMILES string of the molecule is CCCC(Oc1ccc(C#N)c(C(F)(F)F)c1)C(=O)NCc1ccc(OC)cc1. The van der Waals surface area contributed by atoms with Crippen LogP contribution < -0.4 is 14.8 Å². The van der Waals surface area contributed by atoms with Gasteiger partial charge in [0.2, 0.25) is 0 Å². The largest absolute Gasteiger partial charge is 0.497 e. The second kappa shape index (κ2) is 9.82. The van der Waals surface area contributed by atoms with Crippen LogP contribution in [0, 0.1) is 11.3 Å². The monoisotopic (exact) mass is 406 g/mol. The van der Waals surface area contributed by atoms with Crippen LogP contribution in [0.15, 0.2) is 42.5 Å². The van der Waals surface area contributed by atoms with Crippen LogP contribution in [0.2, 0.25) is 0 Å². The van der Waals surface area contributed by atoms with Gasteiger partial charge < -0.3 is 14.8 Å². The molecule has 1 unspecified atom stereocenters. The number of hydrogen-bond donors (Lipinski definition) is 1. The Bertz CT molecular complexity index is 874. The zero-order valence-corrected chi connectivity index (χ0v) is 16.0. The molecule has 1 amide bonds. The molecule has 5 nitrogen and oxygen atoms in total. The van der Waals surface area contributed by atoms with Gasteiger partial charge in [-0.3, -0.25) is 4.79 Å². The summed E-state index contributed by atoms with van der Waals surface area (Å²) in [5.41, 5.74) is -0.751. The van der Waals surface area contributed by atoms with E-state index in [4.69, 9.17) is 14.7 Å². The molecular formula is C21H21F3N2O3. The zero-order valence-electron chi connectivity index (χ0n) is 16.0. The third kappa shape index (κ3) is 6.14. The molecular weight excluding hydrogens is 385 g/mol. The molecule has 8 heteroatoms. The smallest absolute Gasteiger partial charge is 0.417 e. The summed E-state index contributed by atoms with van der Waals surface area (Å²) in [5.74, 6) is 0.142. The number of carbonyl (C=O) groups is 1. The highest BCUT2D eigenvalue weighted by Crippen LogP contribution is 2.34. The highest BCUT2D eigenvalue weighted by molar-refractivity contribution is 5.81. The van der Waals surface area contributed by atoms with E-state index in [9.17, 15) is 18.0 Å². The Morgan fingerprint density at radius 3 is 2.38 bits per heavy atom. The molecule has 154 valence electrons. The number of benzene rings is 2. The number of methoxy groups -OCH3 is 1. The van der Waals surface area contributed by atoms with Crippen LogP contribution in [0.25, 0.3) is 0 Å². The molecule has 0 heterocycles. The van der Waals surface area contributed by atoms with Gasteiger partial charge in [0.1, 0.15) is 11.5 Å². The van der Waals surface area contributed by atoms with E-state index in [1.165, 1.54) is 12.1 Å². The van der Waals surface area contributed by atoms with Crippen LogP contribution >= 0.6 is 0 Å². The van der Waals surface area contributed by atoms with Gasteiger partial charge in [0.15, 0.2) is 6.10 Å². The van der Waals surface area contributed by atoms with E-state index >= 15 is 0 Å². The maximum atomic E-state index is 13.1. The first-order valence-corrected chi connectivity index (χ1v) is 8.97. The van der Waals surface area contributed by atoms with Crippen molar-refractivity contribution in [2.75, 3.05) is 7.11 Å². The van der Waals surface area contributed by atoms with Crippen molar-refractivity contribution in [3.05, 3.63) is 59.2 Å². The first kappa shape index (κ1) is 22.1. The van der Waals surface area contributed by atoms with E-state index in [1.54, 1.807) is 31.4 Å². The molecule has 2 aromatic carbocycles. The topological polar surface area (TPSA) is 71.3 Å². The Kier molecular flexibility index (Phi) is 7.48. The van der Waals surface area contributed by atoms with Crippen molar-refractivity contribution in [3.63, 3.8) is 0 Å². The third-order valence-corrected chi connectivity index (χ3v) is 4.16. The number of ether oxygens (including phenoxy) is 2. The number of halogens is 3. The van der Waals surface area contributed by atoms with Gasteiger partial charge in [-0.15, -0.1) is 0 Å². The molecule has 0 bridgehead atoms. The second-order valence-corrected chi connectivity index (χ2v) is 6.28. The molecule has 0 aliphatic rings. The van der Waals surface area contributed by atoms with E-state index in [2.05, 4.69) is 5.32 Å². The fourth-order valence-electron chi connectivity index (χ4n) is 2.65. The van der Waals surface area contributed by atoms with Crippen LogP contribution in [0.3, 0.4) is 0 Å². The number of hydrogen-bond acceptors (Lipinski definition) is 4. The van der Waals surface area contributed by atoms with Gasteiger partial charge in [-0.05, 0) is 42.3 Å². The normalized spacial score (nSPS) is 12.0. The van der Waals surface area contributed by atoms with E-state index in [-0.39, 0.29) is 12.3 Å². The summed E-state index contributed by atoms with van der Waals surface area (Å²) in [5, 5.41) is 11.6. The molecule has 0 spiro atoms. The lowest BCUT2D eigenvalue weighted by atomic mass is 10.1. The van der Waals surface area contributed by atoms with Crippen LogP contribution in [0.4, 0.5) is 13.2 Å². The number of nitrogens with one attached hydrogen (secondary N) is 1. The molecule has 0 aromatic heterocycles. The molecule has 0 aliphatic heterocycles. The average molecular weight is 406 g/mol. The van der Waals surface area contributed by atoms with Crippen LogP contribution in [0.5, 0.6) is 11.5 Å². The van der Waals surface area contributed by atoms with Gasteiger partial charge in [0, 0.05) is 6.54 Å². The number of amides is 1.